The molecule has 0 bridgehead atoms. The van der Waals surface area contributed by atoms with Gasteiger partial charge in [0, 0.05) is 5.92 Å². The van der Waals surface area contributed by atoms with Crippen LogP contribution >= 0.6 is 0 Å². The molecule has 0 radical (unpaired) electrons. The molecule has 29 heavy (non-hydrogen) atoms. The number of benzene rings is 4. The van der Waals surface area contributed by atoms with Crippen molar-refractivity contribution in [1.29, 1.82) is 0 Å². The molecule has 5 rings (SSSR count). The molecule has 0 nitrogen and oxygen atoms in total. The van der Waals surface area contributed by atoms with Gasteiger partial charge in [-0.15, -0.1) is 0 Å². The fourth-order valence-corrected chi connectivity index (χ4v) is 7.60. The van der Waals surface area contributed by atoms with Gasteiger partial charge in [0.25, 0.3) is 0 Å². The number of hydrogen-bond donors (Lipinski definition) is 0. The van der Waals surface area contributed by atoms with E-state index in [1.165, 1.54) is 27.8 Å². The molecule has 0 aromatic heterocycles. The highest BCUT2D eigenvalue weighted by Gasteiger charge is 2.37. The molecule has 140 valence electrons. The second-order valence-electron chi connectivity index (χ2n) is 7.73. The molecule has 4 aromatic carbocycles. The molecule has 0 amide bonds. The van der Waals surface area contributed by atoms with Crippen LogP contribution in [-0.4, -0.2) is 9.52 Å². The summed E-state index contributed by atoms with van der Waals surface area (Å²) in [5, 5.41) is 1.61. The van der Waals surface area contributed by atoms with Crippen molar-refractivity contribution in [2.24, 2.45) is 0 Å². The molecule has 0 fully saturated rings. The Hall–Kier alpha value is -3.16. The highest BCUT2D eigenvalue weighted by atomic mass is 28.2. The highest BCUT2D eigenvalue weighted by Crippen LogP contribution is 2.52. The van der Waals surface area contributed by atoms with Crippen LogP contribution < -0.4 is 0 Å². The Labute approximate surface area is 175 Å². The molecule has 0 N–H and O–H groups in total. The number of rotatable bonds is 4. The van der Waals surface area contributed by atoms with Crippen LogP contribution in [0.5, 0.6) is 0 Å². The summed E-state index contributed by atoms with van der Waals surface area (Å²) in [6.45, 7) is 0. The zero-order valence-corrected chi connectivity index (χ0v) is 17.8. The number of hydrogen-bond acceptors (Lipinski definition) is 0. The first-order valence-corrected chi connectivity index (χ1v) is 11.9. The summed E-state index contributed by atoms with van der Waals surface area (Å²) >= 11 is 0. The van der Waals surface area contributed by atoms with E-state index in [1.807, 2.05) is 0 Å². The minimum Gasteiger partial charge on any atom is -0.0622 e. The zero-order chi connectivity index (χ0) is 19.5. The Kier molecular flexibility index (Phi) is 4.98. The van der Waals surface area contributed by atoms with Crippen molar-refractivity contribution in [2.45, 2.75) is 11.5 Å². The van der Waals surface area contributed by atoms with Gasteiger partial charge in [0.1, 0.15) is 0 Å². The van der Waals surface area contributed by atoms with Crippen LogP contribution in [0.25, 0.3) is 10.8 Å². The van der Waals surface area contributed by atoms with E-state index >= 15 is 0 Å². The maximum atomic E-state index is 2.32. The summed E-state index contributed by atoms with van der Waals surface area (Å²) in [4.78, 5) is 0. The molecule has 2 unspecified atom stereocenters. The lowest BCUT2D eigenvalue weighted by atomic mass is 9.81. The topological polar surface area (TPSA) is 0 Å². The van der Waals surface area contributed by atoms with Crippen LogP contribution in [0.2, 0.25) is 0 Å². The molecular weight excluding hydrogens is 364 g/mol. The minimum atomic E-state index is -0.528. The highest BCUT2D eigenvalue weighted by molar-refractivity contribution is 6.67. The Morgan fingerprint density at radius 2 is 0.897 bits per heavy atom. The van der Waals surface area contributed by atoms with Crippen molar-refractivity contribution in [1.82, 2.24) is 0 Å². The average molecular weight is 389 g/mol. The molecule has 1 aliphatic heterocycles. The van der Waals surface area contributed by atoms with E-state index in [0.29, 0.717) is 11.5 Å². The van der Waals surface area contributed by atoms with Gasteiger partial charge in [0.15, 0.2) is 0 Å². The van der Waals surface area contributed by atoms with E-state index in [-0.39, 0.29) is 0 Å². The summed E-state index contributed by atoms with van der Waals surface area (Å²) in [5.74, 6) is 0.405. The maximum Gasteiger partial charge on any atom is 0.0648 e. The lowest BCUT2D eigenvalue weighted by Gasteiger charge is -2.24. The average Bonchev–Trinajstić information content (AvgIpc) is 3.22. The van der Waals surface area contributed by atoms with Crippen LogP contribution in [0, 0.1) is 0 Å². The van der Waals surface area contributed by atoms with Crippen molar-refractivity contribution in [3.8, 4) is 0 Å². The third-order valence-electron chi connectivity index (χ3n) is 6.06. The molecule has 1 aliphatic rings. The summed E-state index contributed by atoms with van der Waals surface area (Å²) in [7, 11) is -0.528. The van der Waals surface area contributed by atoms with Gasteiger partial charge in [-0.2, -0.15) is 0 Å². The first-order valence-electron chi connectivity index (χ1n) is 10.4. The van der Waals surface area contributed by atoms with Crippen LogP contribution in [0.4, 0.5) is 0 Å². The van der Waals surface area contributed by atoms with Crippen molar-refractivity contribution >= 4 is 20.3 Å². The first-order chi connectivity index (χ1) is 14.4. The third kappa shape index (κ3) is 3.50. The molecule has 0 saturated carbocycles. The SMILES string of the molecule is c1ccc(C2=C(c3ccccc3)C(c3ccccc3)C(c3ccccc3)[SiH2]2)cc1. The summed E-state index contributed by atoms with van der Waals surface area (Å²) in [6.07, 6.45) is 0. The molecule has 1 heterocycles. The number of allylic oxidation sites excluding steroid dienone is 1. The van der Waals surface area contributed by atoms with Crippen molar-refractivity contribution < 1.29 is 0 Å². The fourth-order valence-electron chi connectivity index (χ4n) is 4.79. The van der Waals surface area contributed by atoms with Gasteiger partial charge in [-0.3, -0.25) is 0 Å². The van der Waals surface area contributed by atoms with Crippen molar-refractivity contribution in [3.05, 3.63) is 144 Å². The van der Waals surface area contributed by atoms with E-state index < -0.39 is 9.52 Å². The van der Waals surface area contributed by atoms with Gasteiger partial charge in [0.2, 0.25) is 0 Å². The molecular formula is C28H24Si. The maximum absolute atomic E-state index is 2.32. The van der Waals surface area contributed by atoms with E-state index in [4.69, 9.17) is 0 Å². The van der Waals surface area contributed by atoms with Crippen LogP contribution in [-0.2, 0) is 0 Å². The monoisotopic (exact) mass is 388 g/mol. The quantitative estimate of drug-likeness (QED) is 0.362. The van der Waals surface area contributed by atoms with Crippen molar-refractivity contribution in [3.63, 3.8) is 0 Å². The minimum absolute atomic E-state index is 0.405. The zero-order valence-electron chi connectivity index (χ0n) is 16.4. The summed E-state index contributed by atoms with van der Waals surface area (Å²) in [5.41, 5.74) is 7.78. The van der Waals surface area contributed by atoms with E-state index in [2.05, 4.69) is 121 Å². The molecule has 0 saturated heterocycles. The largest absolute Gasteiger partial charge is 0.0648 e. The van der Waals surface area contributed by atoms with E-state index in [0.717, 1.165) is 0 Å². The van der Waals surface area contributed by atoms with E-state index in [9.17, 15) is 0 Å². The van der Waals surface area contributed by atoms with E-state index in [1.54, 1.807) is 5.20 Å². The normalized spacial score (nSPS) is 19.6. The Bertz CT molecular complexity index is 1100. The van der Waals surface area contributed by atoms with Crippen LogP contribution in [0.15, 0.2) is 121 Å². The second kappa shape index (κ2) is 8.06. The lowest BCUT2D eigenvalue weighted by Crippen LogP contribution is -2.12. The van der Waals surface area contributed by atoms with Gasteiger partial charge >= 0.3 is 0 Å². The first kappa shape index (κ1) is 17.9. The van der Waals surface area contributed by atoms with Crippen LogP contribution in [0.3, 0.4) is 0 Å². The van der Waals surface area contributed by atoms with Gasteiger partial charge in [-0.25, -0.2) is 0 Å². The van der Waals surface area contributed by atoms with Crippen molar-refractivity contribution in [2.75, 3.05) is 0 Å². The Balaban J connectivity index is 1.75. The lowest BCUT2D eigenvalue weighted by molar-refractivity contribution is 0.829. The predicted octanol–water partition coefficient (Wildman–Crippen LogP) is 6.26. The fraction of sp³-hybridized carbons (Fsp3) is 0.0714. The third-order valence-corrected chi connectivity index (χ3v) is 8.64. The summed E-state index contributed by atoms with van der Waals surface area (Å²) < 4.78 is 0. The van der Waals surface area contributed by atoms with Gasteiger partial charge < -0.3 is 0 Å². The standard InChI is InChI=1S/C28H24Si/c1-5-13-21(14-6-1)25-26(22-15-7-2-8-16-22)28(24-19-11-4-12-20-24)29-27(25)23-17-9-3-10-18-23/h1-20,25,27H,29H2. The van der Waals surface area contributed by atoms with Crippen LogP contribution in [0.1, 0.15) is 33.7 Å². The van der Waals surface area contributed by atoms with Gasteiger partial charge in [-0.05, 0) is 33.4 Å². The van der Waals surface area contributed by atoms with Gasteiger partial charge in [-0.1, -0.05) is 127 Å². The molecule has 0 aliphatic carbocycles. The smallest absolute Gasteiger partial charge is 0.0622 e. The molecule has 0 spiro atoms. The summed E-state index contributed by atoms with van der Waals surface area (Å²) in [6, 6.07) is 44.3. The molecule has 1 heteroatoms. The van der Waals surface area contributed by atoms with Gasteiger partial charge in [0.05, 0.1) is 9.52 Å². The molecule has 4 aromatic rings. The molecule has 2 atom stereocenters. The Morgan fingerprint density at radius 3 is 1.45 bits per heavy atom. The Morgan fingerprint density at radius 1 is 0.448 bits per heavy atom. The second-order valence-corrected chi connectivity index (χ2v) is 9.73. The predicted molar refractivity (Wildman–Crippen MR) is 127 cm³/mol.